The third kappa shape index (κ3) is 3.43. The second-order valence-corrected chi connectivity index (χ2v) is 4.80. The number of aliphatic hydroxyl groups is 1. The molecule has 92 valence electrons. The summed E-state index contributed by atoms with van der Waals surface area (Å²) in [6.07, 6.45) is 1.71. The summed E-state index contributed by atoms with van der Waals surface area (Å²) in [6, 6.07) is 10.1. The maximum atomic E-state index is 8.61. The molecule has 0 aliphatic rings. The second-order valence-electron chi connectivity index (χ2n) is 3.79. The first-order valence-electron chi connectivity index (χ1n) is 5.65. The molecule has 0 amide bonds. The first-order valence-corrected chi connectivity index (χ1v) is 6.63. The van der Waals surface area contributed by atoms with E-state index < -0.39 is 0 Å². The van der Waals surface area contributed by atoms with Crippen LogP contribution in [-0.2, 0) is 5.75 Å². The predicted octanol–water partition coefficient (Wildman–Crippen LogP) is 3.22. The molecule has 1 aromatic carbocycles. The van der Waals surface area contributed by atoms with E-state index in [9.17, 15) is 0 Å². The average molecular weight is 258 g/mol. The third-order valence-corrected chi connectivity index (χ3v) is 3.68. The molecule has 0 aliphatic carbocycles. The first-order chi connectivity index (χ1) is 8.79. The van der Waals surface area contributed by atoms with Gasteiger partial charge in [0.2, 0.25) is 0 Å². The lowest BCUT2D eigenvalue weighted by Crippen LogP contribution is -1.82. The molecule has 2 rings (SSSR count). The fourth-order valence-corrected chi connectivity index (χ4v) is 2.43. The predicted molar refractivity (Wildman–Crippen MR) is 73.4 cm³/mol. The highest BCUT2D eigenvalue weighted by Crippen LogP contribution is 2.26. The van der Waals surface area contributed by atoms with Crippen LogP contribution in [0.3, 0.4) is 0 Å². The van der Waals surface area contributed by atoms with Crippen molar-refractivity contribution < 1.29 is 9.52 Å². The van der Waals surface area contributed by atoms with Crippen molar-refractivity contribution in [3.05, 3.63) is 53.5 Å². The van der Waals surface area contributed by atoms with Crippen LogP contribution in [0.4, 0.5) is 0 Å². The van der Waals surface area contributed by atoms with Crippen molar-refractivity contribution in [2.45, 2.75) is 17.6 Å². The summed E-state index contributed by atoms with van der Waals surface area (Å²) in [5.74, 6) is 7.39. The van der Waals surface area contributed by atoms with E-state index in [1.807, 2.05) is 25.1 Å². The van der Waals surface area contributed by atoms with E-state index in [1.54, 1.807) is 18.0 Å². The van der Waals surface area contributed by atoms with Crippen molar-refractivity contribution in [1.82, 2.24) is 0 Å². The minimum atomic E-state index is -0.0998. The Hall–Kier alpha value is -1.63. The largest absolute Gasteiger partial charge is 0.468 e. The van der Waals surface area contributed by atoms with Gasteiger partial charge in [-0.2, -0.15) is 0 Å². The quantitative estimate of drug-likeness (QED) is 0.678. The van der Waals surface area contributed by atoms with Crippen LogP contribution in [0, 0.1) is 18.8 Å². The molecule has 0 spiro atoms. The summed E-state index contributed by atoms with van der Waals surface area (Å²) in [6.45, 7) is 1.87. The Labute approximate surface area is 111 Å². The van der Waals surface area contributed by atoms with Gasteiger partial charge in [-0.3, -0.25) is 0 Å². The minimum absolute atomic E-state index is 0.0998. The second kappa shape index (κ2) is 6.34. The Morgan fingerprint density at radius 3 is 2.61 bits per heavy atom. The van der Waals surface area contributed by atoms with E-state index in [0.717, 1.165) is 17.1 Å². The SMILES string of the molecule is Cc1occc1SCc1ccc(C#CCO)cc1. The number of furan rings is 1. The van der Waals surface area contributed by atoms with Gasteiger partial charge in [0.1, 0.15) is 12.4 Å². The number of hydrogen-bond acceptors (Lipinski definition) is 3. The maximum absolute atomic E-state index is 8.61. The molecular formula is C15H14O2S. The third-order valence-electron chi connectivity index (χ3n) is 2.47. The zero-order valence-electron chi connectivity index (χ0n) is 10.1. The van der Waals surface area contributed by atoms with Gasteiger partial charge in [-0.05, 0) is 30.7 Å². The van der Waals surface area contributed by atoms with Gasteiger partial charge in [0.25, 0.3) is 0 Å². The molecule has 3 heteroatoms. The Morgan fingerprint density at radius 2 is 2.00 bits per heavy atom. The van der Waals surface area contributed by atoms with Crippen molar-refractivity contribution in [2.24, 2.45) is 0 Å². The smallest absolute Gasteiger partial charge is 0.114 e. The van der Waals surface area contributed by atoms with Crippen LogP contribution in [-0.4, -0.2) is 11.7 Å². The summed E-state index contributed by atoms with van der Waals surface area (Å²) in [5, 5.41) is 8.61. The summed E-state index contributed by atoms with van der Waals surface area (Å²) < 4.78 is 5.25. The molecular weight excluding hydrogens is 244 g/mol. The summed E-state index contributed by atoms with van der Waals surface area (Å²) in [4.78, 5) is 1.18. The molecule has 0 atom stereocenters. The lowest BCUT2D eigenvalue weighted by Gasteiger charge is -2.01. The van der Waals surface area contributed by atoms with E-state index in [0.29, 0.717) is 0 Å². The van der Waals surface area contributed by atoms with Gasteiger partial charge in [-0.25, -0.2) is 0 Å². The lowest BCUT2D eigenvalue weighted by molar-refractivity contribution is 0.350. The molecule has 0 radical (unpaired) electrons. The highest BCUT2D eigenvalue weighted by molar-refractivity contribution is 7.98. The Kier molecular flexibility index (Phi) is 4.52. The zero-order chi connectivity index (χ0) is 12.8. The summed E-state index contributed by atoms with van der Waals surface area (Å²) in [5.41, 5.74) is 2.17. The van der Waals surface area contributed by atoms with Crippen molar-refractivity contribution in [3.8, 4) is 11.8 Å². The van der Waals surface area contributed by atoms with Crippen molar-refractivity contribution in [1.29, 1.82) is 0 Å². The molecule has 1 aromatic heterocycles. The van der Waals surface area contributed by atoms with Gasteiger partial charge in [0.15, 0.2) is 0 Å². The molecule has 0 bridgehead atoms. The highest BCUT2D eigenvalue weighted by Gasteiger charge is 2.02. The van der Waals surface area contributed by atoms with E-state index in [-0.39, 0.29) is 6.61 Å². The molecule has 2 aromatic rings. The standard InChI is InChI=1S/C15H14O2S/c1-12-15(8-10-17-12)18-11-14-6-4-13(5-7-14)3-2-9-16/h4-8,10,16H,9,11H2,1H3. The van der Waals surface area contributed by atoms with Crippen LogP contribution in [0.2, 0.25) is 0 Å². The first kappa shape index (κ1) is 12.8. The Bertz CT molecular complexity index is 558. The monoisotopic (exact) mass is 258 g/mol. The number of hydrogen-bond donors (Lipinski definition) is 1. The molecule has 0 saturated carbocycles. The minimum Gasteiger partial charge on any atom is -0.468 e. The van der Waals surface area contributed by atoms with Crippen LogP contribution in [0.1, 0.15) is 16.9 Å². The average Bonchev–Trinajstić information content (AvgIpc) is 2.81. The zero-order valence-corrected chi connectivity index (χ0v) is 11.0. The number of aliphatic hydroxyl groups excluding tert-OH is 1. The van der Waals surface area contributed by atoms with Crippen molar-refractivity contribution in [2.75, 3.05) is 6.61 Å². The van der Waals surface area contributed by atoms with E-state index in [4.69, 9.17) is 9.52 Å². The van der Waals surface area contributed by atoms with Gasteiger partial charge >= 0.3 is 0 Å². The van der Waals surface area contributed by atoms with Crippen molar-refractivity contribution in [3.63, 3.8) is 0 Å². The molecule has 18 heavy (non-hydrogen) atoms. The fraction of sp³-hybridized carbons (Fsp3) is 0.200. The number of benzene rings is 1. The molecule has 0 saturated heterocycles. The topological polar surface area (TPSA) is 33.4 Å². The summed E-state index contributed by atoms with van der Waals surface area (Å²) in [7, 11) is 0. The molecule has 1 N–H and O–H groups in total. The van der Waals surface area contributed by atoms with Crippen LogP contribution < -0.4 is 0 Å². The lowest BCUT2D eigenvalue weighted by atomic mass is 10.1. The van der Waals surface area contributed by atoms with E-state index in [2.05, 4.69) is 24.0 Å². The van der Waals surface area contributed by atoms with Crippen LogP contribution in [0.15, 0.2) is 45.9 Å². The highest BCUT2D eigenvalue weighted by atomic mass is 32.2. The molecule has 2 nitrogen and oxygen atoms in total. The summed E-state index contributed by atoms with van der Waals surface area (Å²) >= 11 is 1.76. The number of aryl methyl sites for hydroxylation is 1. The Morgan fingerprint density at radius 1 is 1.22 bits per heavy atom. The van der Waals surface area contributed by atoms with Gasteiger partial charge in [-0.1, -0.05) is 24.0 Å². The van der Waals surface area contributed by atoms with E-state index >= 15 is 0 Å². The van der Waals surface area contributed by atoms with Gasteiger partial charge in [0, 0.05) is 16.2 Å². The van der Waals surface area contributed by atoms with Crippen LogP contribution in [0.25, 0.3) is 0 Å². The van der Waals surface area contributed by atoms with Gasteiger partial charge in [0.05, 0.1) is 6.26 Å². The molecule has 0 unspecified atom stereocenters. The van der Waals surface area contributed by atoms with Gasteiger partial charge < -0.3 is 9.52 Å². The number of thioether (sulfide) groups is 1. The van der Waals surface area contributed by atoms with E-state index in [1.165, 1.54) is 10.5 Å². The van der Waals surface area contributed by atoms with Crippen LogP contribution in [0.5, 0.6) is 0 Å². The van der Waals surface area contributed by atoms with Crippen molar-refractivity contribution >= 4 is 11.8 Å². The number of rotatable bonds is 3. The normalized spacial score (nSPS) is 9.89. The Balaban J connectivity index is 1.96. The van der Waals surface area contributed by atoms with Gasteiger partial charge in [-0.15, -0.1) is 11.8 Å². The molecule has 0 fully saturated rings. The maximum Gasteiger partial charge on any atom is 0.114 e. The molecule has 1 heterocycles. The molecule has 0 aliphatic heterocycles. The fourth-order valence-electron chi connectivity index (χ4n) is 1.51. The van der Waals surface area contributed by atoms with Crippen LogP contribution >= 0.6 is 11.8 Å².